The maximum Gasteiger partial charge on any atom is 0.232 e. The van der Waals surface area contributed by atoms with E-state index in [1.807, 2.05) is 50.3 Å². The molecule has 0 bridgehead atoms. The van der Waals surface area contributed by atoms with Gasteiger partial charge in [0, 0.05) is 12.6 Å². The smallest absolute Gasteiger partial charge is 0.232 e. The van der Waals surface area contributed by atoms with Gasteiger partial charge in [0.15, 0.2) is 5.76 Å². The first-order valence-electron chi connectivity index (χ1n) is 8.99. The Morgan fingerprint density at radius 3 is 2.65 bits per heavy atom. The van der Waals surface area contributed by atoms with Crippen molar-refractivity contribution < 1.29 is 14.3 Å². The van der Waals surface area contributed by atoms with Gasteiger partial charge in [-0.25, -0.2) is 0 Å². The summed E-state index contributed by atoms with van der Waals surface area (Å²) < 4.78 is 12.0. The number of nitrogens with zero attached hydrogens (tertiary/aromatic N) is 1. The Balaban J connectivity index is 1.78. The van der Waals surface area contributed by atoms with Crippen LogP contribution >= 0.6 is 0 Å². The Morgan fingerprint density at radius 2 is 1.92 bits per heavy atom. The van der Waals surface area contributed by atoms with Crippen molar-refractivity contribution in [1.29, 1.82) is 0 Å². The van der Waals surface area contributed by atoms with Gasteiger partial charge in [0.2, 0.25) is 5.78 Å². The summed E-state index contributed by atoms with van der Waals surface area (Å²) >= 11 is 0. The van der Waals surface area contributed by atoms with Crippen LogP contribution in [0.2, 0.25) is 0 Å². The molecule has 0 aliphatic carbocycles. The molecule has 0 unspecified atom stereocenters. The van der Waals surface area contributed by atoms with Crippen molar-refractivity contribution in [2.45, 2.75) is 40.3 Å². The van der Waals surface area contributed by atoms with Crippen LogP contribution in [0.3, 0.4) is 0 Å². The molecule has 2 aliphatic rings. The van der Waals surface area contributed by atoms with Crippen molar-refractivity contribution in [3.8, 4) is 11.5 Å². The highest BCUT2D eigenvalue weighted by atomic mass is 16.5. The molecule has 4 rings (SSSR count). The summed E-state index contributed by atoms with van der Waals surface area (Å²) in [7, 11) is 0. The van der Waals surface area contributed by atoms with Crippen LogP contribution in [0.4, 0.5) is 0 Å². The quantitative estimate of drug-likeness (QED) is 0.750. The minimum Gasteiger partial charge on any atom is -0.478 e. The number of fused-ring (bicyclic) bond motifs is 3. The van der Waals surface area contributed by atoms with Crippen molar-refractivity contribution >= 4 is 11.9 Å². The molecule has 0 radical (unpaired) electrons. The Morgan fingerprint density at radius 1 is 1.15 bits per heavy atom. The SMILES string of the molecule is Cc1ccccc1/C=C1\Oc2c3c(cc(C)c2C1=O)OCN(C(C)C)C3. The highest BCUT2D eigenvalue weighted by molar-refractivity contribution is 6.16. The Kier molecular flexibility index (Phi) is 4.08. The zero-order valence-corrected chi connectivity index (χ0v) is 15.6. The zero-order chi connectivity index (χ0) is 18.4. The van der Waals surface area contributed by atoms with Gasteiger partial charge in [-0.15, -0.1) is 0 Å². The topological polar surface area (TPSA) is 38.8 Å². The third-order valence-corrected chi connectivity index (χ3v) is 5.16. The second-order valence-electron chi connectivity index (χ2n) is 7.28. The van der Waals surface area contributed by atoms with Crippen molar-refractivity contribution in [1.82, 2.24) is 4.90 Å². The number of carbonyl (C=O) groups is 1. The summed E-state index contributed by atoms with van der Waals surface area (Å²) in [6.07, 6.45) is 1.84. The second kappa shape index (κ2) is 6.29. The first kappa shape index (κ1) is 16.9. The van der Waals surface area contributed by atoms with Crippen LogP contribution in [0.5, 0.6) is 11.5 Å². The molecule has 2 heterocycles. The Hall–Kier alpha value is -2.59. The van der Waals surface area contributed by atoms with E-state index in [2.05, 4.69) is 18.7 Å². The number of benzene rings is 2. The fraction of sp³-hybridized carbons (Fsp3) is 0.318. The third-order valence-electron chi connectivity index (χ3n) is 5.16. The van der Waals surface area contributed by atoms with E-state index in [1.54, 1.807) is 0 Å². The number of ketones is 1. The molecule has 0 spiro atoms. The van der Waals surface area contributed by atoms with Crippen molar-refractivity contribution in [2.75, 3.05) is 6.73 Å². The molecule has 2 aliphatic heterocycles. The number of aryl methyl sites for hydroxylation is 2. The van der Waals surface area contributed by atoms with Crippen LogP contribution < -0.4 is 9.47 Å². The van der Waals surface area contributed by atoms with Gasteiger partial charge >= 0.3 is 0 Å². The highest BCUT2D eigenvalue weighted by Gasteiger charge is 2.35. The van der Waals surface area contributed by atoms with Crippen LogP contribution in [0.1, 0.15) is 46.5 Å². The average Bonchev–Trinajstić information content (AvgIpc) is 2.94. The number of hydrogen-bond donors (Lipinski definition) is 0. The number of Topliss-reactive ketones (excluding diaryl/α,β-unsaturated/α-hetero) is 1. The predicted molar refractivity (Wildman–Crippen MR) is 101 cm³/mol. The van der Waals surface area contributed by atoms with Gasteiger partial charge in [-0.3, -0.25) is 9.69 Å². The average molecular weight is 349 g/mol. The van der Waals surface area contributed by atoms with Gasteiger partial charge in [-0.2, -0.15) is 0 Å². The molecule has 0 aromatic heterocycles. The Labute approximate surface area is 154 Å². The lowest BCUT2D eigenvalue weighted by atomic mass is 9.98. The number of ether oxygens (including phenoxy) is 2. The largest absolute Gasteiger partial charge is 0.478 e. The van der Waals surface area contributed by atoms with Gasteiger partial charge in [0.05, 0.1) is 11.1 Å². The molecule has 0 saturated carbocycles. The highest BCUT2D eigenvalue weighted by Crippen LogP contribution is 2.44. The van der Waals surface area contributed by atoms with Crippen LogP contribution in [0.15, 0.2) is 36.1 Å². The molecule has 2 aromatic rings. The molecule has 0 fully saturated rings. The molecule has 0 N–H and O–H groups in total. The maximum atomic E-state index is 13.0. The molecule has 0 atom stereocenters. The number of carbonyl (C=O) groups excluding carboxylic acids is 1. The van der Waals surface area contributed by atoms with E-state index in [-0.39, 0.29) is 5.78 Å². The lowest BCUT2D eigenvalue weighted by Crippen LogP contribution is -2.37. The molecular formula is C22H23NO3. The number of allylic oxidation sites excluding steroid dienone is 1. The summed E-state index contributed by atoms with van der Waals surface area (Å²) in [6.45, 7) is 9.52. The Bertz CT molecular complexity index is 927. The van der Waals surface area contributed by atoms with E-state index in [0.29, 0.717) is 29.8 Å². The molecule has 0 amide bonds. The fourth-order valence-electron chi connectivity index (χ4n) is 3.47. The molecule has 4 nitrogen and oxygen atoms in total. The van der Waals surface area contributed by atoms with Gasteiger partial charge in [-0.05, 0) is 56.5 Å². The standard InChI is InChI=1S/C22H23NO3/c1-13(2)23-11-17-18(25-12-23)9-15(4)20-21(24)19(26-22(17)20)10-16-8-6-5-7-14(16)3/h5-10,13H,11-12H2,1-4H3/b19-10-. The normalized spacial score (nSPS) is 17.9. The zero-order valence-electron chi connectivity index (χ0n) is 15.6. The van der Waals surface area contributed by atoms with Crippen molar-refractivity contribution in [3.05, 3.63) is 63.9 Å². The van der Waals surface area contributed by atoms with Crippen LogP contribution in [0, 0.1) is 13.8 Å². The van der Waals surface area contributed by atoms with Crippen molar-refractivity contribution in [3.63, 3.8) is 0 Å². The van der Waals surface area contributed by atoms with E-state index in [4.69, 9.17) is 9.47 Å². The molecule has 2 aromatic carbocycles. The van der Waals surface area contributed by atoms with Gasteiger partial charge in [-0.1, -0.05) is 24.3 Å². The first-order chi connectivity index (χ1) is 12.5. The summed E-state index contributed by atoms with van der Waals surface area (Å²) in [5.74, 6) is 1.82. The summed E-state index contributed by atoms with van der Waals surface area (Å²) in [5.41, 5.74) is 4.63. The predicted octanol–water partition coefficient (Wildman–Crippen LogP) is 4.48. The maximum absolute atomic E-state index is 13.0. The second-order valence-corrected chi connectivity index (χ2v) is 7.28. The monoisotopic (exact) mass is 349 g/mol. The summed E-state index contributed by atoms with van der Waals surface area (Å²) in [5, 5.41) is 0. The van der Waals surface area contributed by atoms with Crippen LogP contribution in [0.25, 0.3) is 6.08 Å². The molecule has 134 valence electrons. The molecule has 0 saturated heterocycles. The minimum absolute atomic E-state index is 0.0507. The van der Waals surface area contributed by atoms with E-state index in [9.17, 15) is 4.79 Å². The molecule has 26 heavy (non-hydrogen) atoms. The van der Waals surface area contributed by atoms with Crippen molar-refractivity contribution in [2.24, 2.45) is 0 Å². The summed E-state index contributed by atoms with van der Waals surface area (Å²) in [4.78, 5) is 15.2. The van der Waals surface area contributed by atoms with Crippen LogP contribution in [-0.2, 0) is 6.54 Å². The van der Waals surface area contributed by atoms with E-state index in [1.165, 1.54) is 0 Å². The van der Waals surface area contributed by atoms with Crippen LogP contribution in [-0.4, -0.2) is 23.5 Å². The molecule has 4 heteroatoms. The van der Waals surface area contributed by atoms with E-state index < -0.39 is 0 Å². The van der Waals surface area contributed by atoms with E-state index in [0.717, 1.165) is 34.5 Å². The minimum atomic E-state index is -0.0507. The first-order valence-corrected chi connectivity index (χ1v) is 8.99. The third kappa shape index (κ3) is 2.71. The van der Waals surface area contributed by atoms with Gasteiger partial charge in [0.25, 0.3) is 0 Å². The fourth-order valence-corrected chi connectivity index (χ4v) is 3.47. The lowest BCUT2D eigenvalue weighted by molar-refractivity contribution is 0.0673. The summed E-state index contributed by atoms with van der Waals surface area (Å²) in [6, 6.07) is 10.3. The van der Waals surface area contributed by atoms with E-state index >= 15 is 0 Å². The lowest BCUT2D eigenvalue weighted by Gasteiger charge is -2.32. The molecular weight excluding hydrogens is 326 g/mol. The number of rotatable bonds is 2. The van der Waals surface area contributed by atoms with Gasteiger partial charge < -0.3 is 9.47 Å². The number of hydrogen-bond acceptors (Lipinski definition) is 4. The van der Waals surface area contributed by atoms with Gasteiger partial charge in [0.1, 0.15) is 18.2 Å².